The predicted octanol–water partition coefficient (Wildman–Crippen LogP) is 2.30. The number of carbonyl (C=O) groups excluding carboxylic acids is 3. The maximum absolute atomic E-state index is 13.6. The van der Waals surface area contributed by atoms with E-state index in [2.05, 4.69) is 16.0 Å². The van der Waals surface area contributed by atoms with Gasteiger partial charge in [-0.25, -0.2) is 4.79 Å². The molecule has 0 aromatic heterocycles. The Morgan fingerprint density at radius 1 is 1.15 bits per heavy atom. The van der Waals surface area contributed by atoms with Crippen LogP contribution in [0.25, 0.3) is 5.57 Å². The van der Waals surface area contributed by atoms with Crippen molar-refractivity contribution in [3.63, 3.8) is 0 Å². The van der Waals surface area contributed by atoms with Crippen LogP contribution in [-0.2, 0) is 16.1 Å². The number of amides is 4. The van der Waals surface area contributed by atoms with Crippen LogP contribution in [0.1, 0.15) is 24.5 Å². The molecule has 8 nitrogen and oxygen atoms in total. The molecule has 2 aliphatic rings. The molecule has 4 N–H and O–H groups in total. The lowest BCUT2D eigenvalue weighted by molar-refractivity contribution is -0.142. The number of rotatable bonds is 7. The molecule has 1 fully saturated rings. The molecule has 176 valence electrons. The second kappa shape index (κ2) is 9.15. The summed E-state index contributed by atoms with van der Waals surface area (Å²) in [7, 11) is 1.58. The van der Waals surface area contributed by atoms with E-state index in [0.29, 0.717) is 5.75 Å². The zero-order chi connectivity index (χ0) is 24.3. The summed E-state index contributed by atoms with van der Waals surface area (Å²) in [5.74, 6) is -0.434. The van der Waals surface area contributed by atoms with Crippen molar-refractivity contribution in [3.8, 4) is 5.75 Å². The highest BCUT2D eigenvalue weighted by molar-refractivity contribution is 6.08. The van der Waals surface area contributed by atoms with Crippen LogP contribution in [0.2, 0.25) is 0 Å². The molecule has 2 aromatic carbocycles. The summed E-state index contributed by atoms with van der Waals surface area (Å²) in [5, 5.41) is 19.0. The molecule has 4 rings (SSSR count). The molecule has 1 saturated heterocycles. The van der Waals surface area contributed by atoms with E-state index in [-0.39, 0.29) is 13.0 Å². The fourth-order valence-electron chi connectivity index (χ4n) is 4.35. The van der Waals surface area contributed by atoms with Crippen LogP contribution in [0.4, 0.5) is 4.79 Å². The molecule has 1 aliphatic heterocycles. The average Bonchev–Trinajstić information content (AvgIpc) is 3.14. The number of aliphatic hydroxyl groups is 1. The number of benzene rings is 2. The number of methoxy groups -OCH3 is 1. The standard InChI is InChI=1S/C26H27N3O5/c1-25(22(31)28-24(33)29-25)21(30)26(14-12-19(13-15-26)18-6-4-3-5-7-18)23(32)27-16-17-8-10-20(34-2)11-9-17/h3-14,21,30H,15-16H2,1-2H3,(H,27,32)(H2,28,29,31,33). The number of allylic oxidation sites excluding steroid dienone is 3. The first-order chi connectivity index (χ1) is 16.3. The quantitative estimate of drug-likeness (QED) is 0.472. The number of hydrogen-bond donors (Lipinski definition) is 4. The van der Waals surface area contributed by atoms with Crippen molar-refractivity contribution in [3.05, 3.63) is 84.0 Å². The third kappa shape index (κ3) is 4.20. The third-order valence-electron chi connectivity index (χ3n) is 6.47. The zero-order valence-electron chi connectivity index (χ0n) is 19.0. The van der Waals surface area contributed by atoms with Gasteiger partial charge in [0, 0.05) is 6.54 Å². The lowest BCUT2D eigenvalue weighted by atomic mass is 9.67. The molecule has 1 aliphatic carbocycles. The van der Waals surface area contributed by atoms with Crippen LogP contribution in [0, 0.1) is 5.41 Å². The highest BCUT2D eigenvalue weighted by Crippen LogP contribution is 2.41. The number of carbonyl (C=O) groups is 3. The highest BCUT2D eigenvalue weighted by Gasteiger charge is 2.58. The molecule has 0 radical (unpaired) electrons. The Labute approximate surface area is 197 Å². The minimum absolute atomic E-state index is 0.141. The normalized spacial score (nSPS) is 24.6. The molecule has 3 unspecified atom stereocenters. The van der Waals surface area contributed by atoms with Gasteiger partial charge in [-0.15, -0.1) is 0 Å². The molecule has 8 heteroatoms. The first-order valence-corrected chi connectivity index (χ1v) is 11.0. The van der Waals surface area contributed by atoms with E-state index in [0.717, 1.165) is 16.7 Å². The maximum atomic E-state index is 13.6. The molecule has 0 spiro atoms. The van der Waals surface area contributed by atoms with Crippen molar-refractivity contribution in [2.75, 3.05) is 7.11 Å². The van der Waals surface area contributed by atoms with Crippen molar-refractivity contribution in [2.45, 2.75) is 31.5 Å². The van der Waals surface area contributed by atoms with Crippen molar-refractivity contribution in [2.24, 2.45) is 5.41 Å². The molecular weight excluding hydrogens is 434 g/mol. The number of imide groups is 1. The van der Waals surface area contributed by atoms with E-state index in [4.69, 9.17) is 4.74 Å². The minimum Gasteiger partial charge on any atom is -0.497 e. The van der Waals surface area contributed by atoms with Gasteiger partial charge in [0.1, 0.15) is 17.4 Å². The van der Waals surface area contributed by atoms with Gasteiger partial charge in [0.25, 0.3) is 5.91 Å². The van der Waals surface area contributed by atoms with E-state index in [1.54, 1.807) is 31.4 Å². The van der Waals surface area contributed by atoms with Gasteiger partial charge in [-0.05, 0) is 42.2 Å². The Kier molecular flexibility index (Phi) is 6.26. The van der Waals surface area contributed by atoms with Crippen LogP contribution in [0.5, 0.6) is 5.75 Å². The average molecular weight is 462 g/mol. The van der Waals surface area contributed by atoms with Gasteiger partial charge in [0.05, 0.1) is 12.5 Å². The molecular formula is C26H27N3O5. The number of urea groups is 1. The van der Waals surface area contributed by atoms with Crippen molar-refractivity contribution in [1.29, 1.82) is 0 Å². The lowest BCUT2D eigenvalue weighted by Gasteiger charge is -2.41. The van der Waals surface area contributed by atoms with E-state index >= 15 is 0 Å². The third-order valence-corrected chi connectivity index (χ3v) is 6.47. The monoisotopic (exact) mass is 461 g/mol. The summed E-state index contributed by atoms with van der Waals surface area (Å²) < 4.78 is 5.16. The van der Waals surface area contributed by atoms with Crippen LogP contribution < -0.4 is 20.7 Å². The van der Waals surface area contributed by atoms with Crippen LogP contribution in [0.3, 0.4) is 0 Å². The summed E-state index contributed by atoms with van der Waals surface area (Å²) in [6.45, 7) is 1.64. The van der Waals surface area contributed by atoms with Crippen molar-refractivity contribution in [1.82, 2.24) is 16.0 Å². The van der Waals surface area contributed by atoms with E-state index < -0.39 is 34.9 Å². The lowest BCUT2D eigenvalue weighted by Crippen LogP contribution is -2.63. The Balaban J connectivity index is 1.62. The van der Waals surface area contributed by atoms with Gasteiger partial charge in [-0.2, -0.15) is 0 Å². The van der Waals surface area contributed by atoms with Crippen molar-refractivity contribution >= 4 is 23.4 Å². The number of hydrogen-bond acceptors (Lipinski definition) is 5. The van der Waals surface area contributed by atoms with E-state index in [1.165, 1.54) is 6.92 Å². The summed E-state index contributed by atoms with van der Waals surface area (Å²) >= 11 is 0. The van der Waals surface area contributed by atoms with Crippen LogP contribution in [0.15, 0.2) is 72.8 Å². The second-order valence-electron chi connectivity index (χ2n) is 8.65. The Morgan fingerprint density at radius 2 is 1.85 bits per heavy atom. The van der Waals surface area contributed by atoms with Gasteiger partial charge in [0.2, 0.25) is 5.91 Å². The molecule has 4 amide bonds. The zero-order valence-corrected chi connectivity index (χ0v) is 19.0. The van der Waals surface area contributed by atoms with Crippen molar-refractivity contribution < 1.29 is 24.2 Å². The van der Waals surface area contributed by atoms with Crippen LogP contribution >= 0.6 is 0 Å². The first kappa shape index (κ1) is 23.3. The van der Waals surface area contributed by atoms with Gasteiger partial charge >= 0.3 is 6.03 Å². The molecule has 0 saturated carbocycles. The van der Waals surface area contributed by atoms with Gasteiger partial charge < -0.3 is 20.5 Å². The topological polar surface area (TPSA) is 117 Å². The minimum atomic E-state index is -1.67. The van der Waals surface area contributed by atoms with E-state index in [1.807, 2.05) is 48.5 Å². The highest BCUT2D eigenvalue weighted by atomic mass is 16.5. The SMILES string of the molecule is COc1ccc(CNC(=O)C2(C(O)C3(C)NC(=O)NC3=O)C=CC(c3ccccc3)=CC2)cc1. The smallest absolute Gasteiger partial charge is 0.322 e. The van der Waals surface area contributed by atoms with Gasteiger partial charge in [-0.3, -0.25) is 14.9 Å². The number of ether oxygens (including phenoxy) is 1. The largest absolute Gasteiger partial charge is 0.497 e. The molecule has 3 atom stereocenters. The summed E-state index contributed by atoms with van der Waals surface area (Å²) in [5.41, 5.74) is -0.432. The fraction of sp³-hybridized carbons (Fsp3) is 0.269. The Hall–Kier alpha value is -3.91. The molecule has 1 heterocycles. The summed E-state index contributed by atoms with van der Waals surface area (Å²) in [6, 6.07) is 16.2. The second-order valence-corrected chi connectivity index (χ2v) is 8.65. The predicted molar refractivity (Wildman–Crippen MR) is 127 cm³/mol. The Bertz CT molecular complexity index is 1160. The van der Waals surface area contributed by atoms with Crippen LogP contribution in [-0.4, -0.2) is 41.7 Å². The molecule has 2 aromatic rings. The summed E-state index contributed by atoms with van der Waals surface area (Å²) in [6.07, 6.45) is 3.89. The number of aliphatic hydroxyl groups excluding tert-OH is 1. The first-order valence-electron chi connectivity index (χ1n) is 11.0. The van der Waals surface area contributed by atoms with Gasteiger partial charge in [-0.1, -0.05) is 60.7 Å². The van der Waals surface area contributed by atoms with Gasteiger partial charge in [0.15, 0.2) is 0 Å². The maximum Gasteiger partial charge on any atom is 0.322 e. The fourth-order valence-corrected chi connectivity index (χ4v) is 4.35. The Morgan fingerprint density at radius 3 is 2.41 bits per heavy atom. The molecule has 0 bridgehead atoms. The van der Waals surface area contributed by atoms with E-state index in [9.17, 15) is 19.5 Å². The number of nitrogens with one attached hydrogen (secondary N) is 3. The summed E-state index contributed by atoms with van der Waals surface area (Å²) in [4.78, 5) is 37.9. The molecule has 34 heavy (non-hydrogen) atoms.